The molecule has 1 aliphatic heterocycles. The average molecular weight is 394 g/mol. The van der Waals surface area contributed by atoms with Crippen LogP contribution in [-0.2, 0) is 17.8 Å². The topological polar surface area (TPSA) is 77.2 Å². The molecule has 1 atom stereocenters. The number of carbonyl (C=O) groups is 1. The van der Waals surface area contributed by atoms with E-state index in [1.807, 2.05) is 35.3 Å². The number of hydrogen-bond donors (Lipinski definition) is 1. The molecule has 0 aliphatic carbocycles. The molecule has 1 aliphatic rings. The van der Waals surface area contributed by atoms with E-state index in [0.29, 0.717) is 24.8 Å². The largest absolute Gasteiger partial charge is 0.379 e. The van der Waals surface area contributed by atoms with Gasteiger partial charge in [-0.15, -0.1) is 0 Å². The Kier molecular flexibility index (Phi) is 6.02. The van der Waals surface area contributed by atoms with Gasteiger partial charge < -0.3 is 10.1 Å². The lowest BCUT2D eigenvalue weighted by molar-refractivity contribution is 0.0198. The maximum atomic E-state index is 12.5. The molecule has 4 rings (SSSR count). The highest BCUT2D eigenvalue weighted by Gasteiger charge is 2.18. The monoisotopic (exact) mass is 394 g/mol. The van der Waals surface area contributed by atoms with Gasteiger partial charge in [-0.25, -0.2) is 0 Å². The molecule has 1 N–H and O–H groups in total. The van der Waals surface area contributed by atoms with Crippen LogP contribution in [0.25, 0.3) is 0 Å². The van der Waals surface area contributed by atoms with Crippen LogP contribution in [0.2, 0.25) is 0 Å². The molecule has 8 heteroatoms. The van der Waals surface area contributed by atoms with E-state index in [2.05, 4.69) is 39.5 Å². The third kappa shape index (κ3) is 4.90. The Hall–Kier alpha value is -2.97. The normalized spacial score (nSPS) is 15.9. The molecule has 1 saturated heterocycles. The van der Waals surface area contributed by atoms with Crippen LogP contribution in [0.4, 0.5) is 5.69 Å². The number of anilines is 1. The summed E-state index contributed by atoms with van der Waals surface area (Å²) < 4.78 is 9.01. The lowest BCUT2D eigenvalue weighted by Gasteiger charge is -2.32. The van der Waals surface area contributed by atoms with Crippen LogP contribution in [0.5, 0.6) is 0 Å². The first-order valence-electron chi connectivity index (χ1n) is 9.93. The minimum atomic E-state index is -0.211. The van der Waals surface area contributed by atoms with Gasteiger partial charge in [-0.1, -0.05) is 12.1 Å². The van der Waals surface area contributed by atoms with Gasteiger partial charge in [-0.05, 0) is 36.8 Å². The fourth-order valence-electron chi connectivity index (χ4n) is 3.46. The molecule has 1 amide bonds. The zero-order valence-corrected chi connectivity index (χ0v) is 16.6. The fraction of sp³-hybridized carbons (Fsp3) is 0.381. The summed E-state index contributed by atoms with van der Waals surface area (Å²) in [7, 11) is 0. The van der Waals surface area contributed by atoms with Crippen LogP contribution in [0, 0.1) is 0 Å². The molecule has 0 spiro atoms. The Morgan fingerprint density at radius 3 is 2.59 bits per heavy atom. The molecule has 0 saturated carbocycles. The molecule has 1 unspecified atom stereocenters. The van der Waals surface area contributed by atoms with Crippen molar-refractivity contribution in [1.82, 2.24) is 24.5 Å². The number of benzene rings is 1. The number of carbonyl (C=O) groups excluding carboxylic acids is 1. The highest BCUT2D eigenvalue weighted by atomic mass is 16.5. The van der Waals surface area contributed by atoms with Gasteiger partial charge in [0.05, 0.1) is 26.3 Å². The van der Waals surface area contributed by atoms with E-state index in [-0.39, 0.29) is 5.91 Å². The molecular formula is C21H26N6O2. The minimum absolute atomic E-state index is 0.211. The maximum absolute atomic E-state index is 12.5. The predicted octanol–water partition coefficient (Wildman–Crippen LogP) is 2.43. The van der Waals surface area contributed by atoms with Crippen LogP contribution < -0.4 is 5.32 Å². The first-order chi connectivity index (χ1) is 14.2. The van der Waals surface area contributed by atoms with Gasteiger partial charge in [0, 0.05) is 43.4 Å². The highest BCUT2D eigenvalue weighted by molar-refractivity contribution is 6.02. The van der Waals surface area contributed by atoms with E-state index >= 15 is 0 Å². The van der Waals surface area contributed by atoms with Crippen molar-refractivity contribution in [3.8, 4) is 0 Å². The first-order valence-corrected chi connectivity index (χ1v) is 9.93. The third-order valence-corrected chi connectivity index (χ3v) is 5.24. The van der Waals surface area contributed by atoms with E-state index in [4.69, 9.17) is 4.74 Å². The number of ether oxygens (including phenoxy) is 1. The second-order valence-corrected chi connectivity index (χ2v) is 7.13. The van der Waals surface area contributed by atoms with E-state index in [9.17, 15) is 4.79 Å². The van der Waals surface area contributed by atoms with Crippen molar-refractivity contribution in [3.63, 3.8) is 0 Å². The second kappa shape index (κ2) is 9.02. The van der Waals surface area contributed by atoms with Gasteiger partial charge in [-0.3, -0.25) is 19.1 Å². The number of rotatable bonds is 7. The summed E-state index contributed by atoms with van der Waals surface area (Å²) in [6.07, 6.45) is 5.46. The van der Waals surface area contributed by atoms with Gasteiger partial charge in [0.15, 0.2) is 5.69 Å². The predicted molar refractivity (Wildman–Crippen MR) is 110 cm³/mol. The van der Waals surface area contributed by atoms with Crippen molar-refractivity contribution >= 4 is 11.6 Å². The molecular weight excluding hydrogens is 368 g/mol. The molecule has 8 nitrogen and oxygen atoms in total. The summed E-state index contributed by atoms with van der Waals surface area (Å²) in [6.45, 7) is 7.03. The number of amides is 1. The molecule has 1 aromatic carbocycles. The highest BCUT2D eigenvalue weighted by Crippen LogP contribution is 2.22. The van der Waals surface area contributed by atoms with Crippen molar-refractivity contribution in [2.24, 2.45) is 0 Å². The number of aryl methyl sites for hydroxylation is 2. The molecule has 0 radical (unpaired) electrons. The average Bonchev–Trinajstić information content (AvgIpc) is 3.45. The Bertz CT molecular complexity index is 913. The lowest BCUT2D eigenvalue weighted by Crippen LogP contribution is -2.37. The zero-order valence-electron chi connectivity index (χ0n) is 16.6. The molecule has 3 aromatic rings. The summed E-state index contributed by atoms with van der Waals surface area (Å²) in [5, 5.41) is 11.4. The van der Waals surface area contributed by atoms with Gasteiger partial charge in [0.1, 0.15) is 0 Å². The van der Waals surface area contributed by atoms with Crippen molar-refractivity contribution in [2.75, 3.05) is 31.6 Å². The Morgan fingerprint density at radius 2 is 1.86 bits per heavy atom. The van der Waals surface area contributed by atoms with Crippen molar-refractivity contribution in [1.29, 1.82) is 0 Å². The summed E-state index contributed by atoms with van der Waals surface area (Å²) >= 11 is 0. The Labute approximate surface area is 170 Å². The lowest BCUT2D eigenvalue weighted by atomic mass is 10.1. The molecule has 152 valence electrons. The molecule has 3 heterocycles. The maximum Gasteiger partial charge on any atom is 0.276 e. The molecule has 1 fully saturated rings. The number of aromatic nitrogens is 4. The first kappa shape index (κ1) is 19.4. The zero-order chi connectivity index (χ0) is 20.1. The van der Waals surface area contributed by atoms with Crippen molar-refractivity contribution < 1.29 is 9.53 Å². The van der Waals surface area contributed by atoms with Crippen LogP contribution in [0.3, 0.4) is 0 Å². The summed E-state index contributed by atoms with van der Waals surface area (Å²) in [5.74, 6) is -0.211. The van der Waals surface area contributed by atoms with Crippen molar-refractivity contribution in [3.05, 3.63) is 66.2 Å². The smallest absolute Gasteiger partial charge is 0.276 e. The van der Waals surface area contributed by atoms with Crippen LogP contribution in [0.1, 0.15) is 29.0 Å². The van der Waals surface area contributed by atoms with Crippen LogP contribution in [0.15, 0.2) is 55.0 Å². The SMILES string of the molecule is CC(c1ccc(NC(=O)c2ccn(CCn3cccn3)n2)cc1)N1CCOCC1. The summed E-state index contributed by atoms with van der Waals surface area (Å²) in [5.41, 5.74) is 2.39. The van der Waals surface area contributed by atoms with E-state index < -0.39 is 0 Å². The van der Waals surface area contributed by atoms with Gasteiger partial charge in [0.2, 0.25) is 0 Å². The molecule has 0 bridgehead atoms. The number of nitrogens with one attached hydrogen (secondary N) is 1. The summed E-state index contributed by atoms with van der Waals surface area (Å²) in [4.78, 5) is 14.9. The van der Waals surface area contributed by atoms with Crippen LogP contribution in [-0.4, -0.2) is 56.7 Å². The Balaban J connectivity index is 1.32. The minimum Gasteiger partial charge on any atom is -0.379 e. The standard InChI is InChI=1S/C21H26N6O2/c1-17(25-13-15-29-16-14-25)18-3-5-19(6-4-18)23-21(28)20-7-10-27(24-20)12-11-26-9-2-8-22-26/h2-10,17H,11-16H2,1H3,(H,23,28). The van der Waals surface area contributed by atoms with Crippen LogP contribution >= 0.6 is 0 Å². The second-order valence-electron chi connectivity index (χ2n) is 7.13. The molecule has 2 aromatic heterocycles. The van der Waals surface area contributed by atoms with E-state index in [1.165, 1.54) is 5.56 Å². The number of hydrogen-bond acceptors (Lipinski definition) is 5. The van der Waals surface area contributed by atoms with E-state index in [0.717, 1.165) is 32.0 Å². The number of nitrogens with zero attached hydrogens (tertiary/aromatic N) is 5. The summed E-state index contributed by atoms with van der Waals surface area (Å²) in [6, 6.07) is 12.0. The van der Waals surface area contributed by atoms with Gasteiger partial charge in [-0.2, -0.15) is 10.2 Å². The molecule has 29 heavy (non-hydrogen) atoms. The number of morpholine rings is 1. The third-order valence-electron chi connectivity index (χ3n) is 5.24. The van der Waals surface area contributed by atoms with E-state index in [1.54, 1.807) is 16.9 Å². The quantitative estimate of drug-likeness (QED) is 0.666. The van der Waals surface area contributed by atoms with Gasteiger partial charge >= 0.3 is 0 Å². The van der Waals surface area contributed by atoms with Gasteiger partial charge in [0.25, 0.3) is 5.91 Å². The fourth-order valence-corrected chi connectivity index (χ4v) is 3.46. The van der Waals surface area contributed by atoms with Crippen molar-refractivity contribution in [2.45, 2.75) is 26.1 Å². The Morgan fingerprint density at radius 1 is 1.10 bits per heavy atom.